The molecule has 0 saturated heterocycles. The van der Waals surface area contributed by atoms with Crippen molar-refractivity contribution in [3.8, 4) is 11.3 Å². The van der Waals surface area contributed by atoms with Crippen LogP contribution < -0.4 is 11.2 Å². The van der Waals surface area contributed by atoms with Crippen LogP contribution in [0.3, 0.4) is 0 Å². The van der Waals surface area contributed by atoms with E-state index >= 15 is 0 Å². The van der Waals surface area contributed by atoms with E-state index in [2.05, 4.69) is 0 Å². The molecule has 6 nitrogen and oxygen atoms in total. The van der Waals surface area contributed by atoms with Crippen molar-refractivity contribution in [1.29, 1.82) is 0 Å². The van der Waals surface area contributed by atoms with Crippen LogP contribution in [0.15, 0.2) is 64.2 Å². The van der Waals surface area contributed by atoms with Crippen molar-refractivity contribution in [2.24, 2.45) is 14.1 Å². The molecule has 0 N–H and O–H groups in total. The fraction of sp³-hybridized carbons (Fsp3) is 0.308. The van der Waals surface area contributed by atoms with Gasteiger partial charge in [0, 0.05) is 14.1 Å². The summed E-state index contributed by atoms with van der Waals surface area (Å²) < 4.78 is 50.2. The first-order valence-corrected chi connectivity index (χ1v) is 11.1. The quantitative estimate of drug-likeness (QED) is 0.420. The molecule has 1 atom stereocenters. The van der Waals surface area contributed by atoms with Gasteiger partial charge in [-0.3, -0.25) is 13.9 Å². The number of hydrogen-bond donors (Lipinski definition) is 0. The van der Waals surface area contributed by atoms with Gasteiger partial charge in [-0.2, -0.15) is 13.2 Å². The lowest BCUT2D eigenvalue weighted by Gasteiger charge is -2.39. The smallest absolute Gasteiger partial charge is 0.365 e. The molecule has 0 spiro atoms. The van der Waals surface area contributed by atoms with Gasteiger partial charge in [-0.1, -0.05) is 42.5 Å². The van der Waals surface area contributed by atoms with E-state index in [9.17, 15) is 22.8 Å². The van der Waals surface area contributed by atoms with E-state index < -0.39 is 34.6 Å². The van der Waals surface area contributed by atoms with Crippen LogP contribution in [0.5, 0.6) is 0 Å². The van der Waals surface area contributed by atoms with Gasteiger partial charge < -0.3 is 9.30 Å². The third-order valence-electron chi connectivity index (χ3n) is 6.65. The fourth-order valence-electron chi connectivity index (χ4n) is 4.97. The standard InChI is InChI=1S/C26H24F3N3O3/c1-25(2)14-35-22(16-10-12-17(13-11-16)26(27,28)29)21-20-18(23(33)31(4)24(34)30(20)3)19(32(21)25)15-8-6-5-7-9-15/h5-13,22H,14H2,1-4H3. The average molecular weight is 483 g/mol. The molecule has 1 aliphatic heterocycles. The number of rotatable bonds is 2. The Morgan fingerprint density at radius 2 is 1.57 bits per heavy atom. The van der Waals surface area contributed by atoms with Crippen LogP contribution in [-0.2, 0) is 30.5 Å². The van der Waals surface area contributed by atoms with Crippen molar-refractivity contribution in [2.75, 3.05) is 6.61 Å². The highest BCUT2D eigenvalue weighted by atomic mass is 19.4. The molecule has 182 valence electrons. The molecule has 0 radical (unpaired) electrons. The molecule has 3 heterocycles. The predicted octanol–water partition coefficient (Wildman–Crippen LogP) is 4.58. The lowest BCUT2D eigenvalue weighted by molar-refractivity contribution is -0.137. The van der Waals surface area contributed by atoms with Crippen molar-refractivity contribution >= 4 is 10.9 Å². The Labute approximate surface area is 198 Å². The van der Waals surface area contributed by atoms with Gasteiger partial charge in [0.15, 0.2) is 0 Å². The average Bonchev–Trinajstić information content (AvgIpc) is 3.19. The zero-order chi connectivity index (χ0) is 25.3. The van der Waals surface area contributed by atoms with Gasteiger partial charge in [-0.25, -0.2) is 4.79 Å². The van der Waals surface area contributed by atoms with Crippen molar-refractivity contribution in [2.45, 2.75) is 31.7 Å². The number of hydrogen-bond acceptors (Lipinski definition) is 3. The fourth-order valence-corrected chi connectivity index (χ4v) is 4.97. The molecular formula is C26H24F3N3O3. The van der Waals surface area contributed by atoms with E-state index in [1.807, 2.05) is 48.7 Å². The number of aromatic nitrogens is 3. The predicted molar refractivity (Wildman–Crippen MR) is 126 cm³/mol. The first-order valence-electron chi connectivity index (χ1n) is 11.1. The zero-order valence-electron chi connectivity index (χ0n) is 19.7. The first-order chi connectivity index (χ1) is 16.4. The Morgan fingerprint density at radius 1 is 0.943 bits per heavy atom. The molecule has 1 unspecified atom stereocenters. The van der Waals surface area contributed by atoms with E-state index in [0.717, 1.165) is 22.3 Å². The number of fused-ring (bicyclic) bond motifs is 3. The third-order valence-corrected chi connectivity index (χ3v) is 6.65. The highest BCUT2D eigenvalue weighted by molar-refractivity contribution is 5.96. The van der Waals surface area contributed by atoms with E-state index in [1.54, 1.807) is 7.05 Å². The van der Waals surface area contributed by atoms with Crippen molar-refractivity contribution in [3.05, 3.63) is 92.3 Å². The van der Waals surface area contributed by atoms with E-state index in [4.69, 9.17) is 4.74 Å². The van der Waals surface area contributed by atoms with Crippen LogP contribution in [0.25, 0.3) is 22.2 Å². The Hall–Kier alpha value is -3.59. The molecule has 4 aromatic rings. The summed E-state index contributed by atoms with van der Waals surface area (Å²) in [4.78, 5) is 26.4. The summed E-state index contributed by atoms with van der Waals surface area (Å²) in [7, 11) is 3.02. The normalized spacial score (nSPS) is 17.5. The van der Waals surface area contributed by atoms with Gasteiger partial charge in [0.2, 0.25) is 0 Å². The second-order valence-electron chi connectivity index (χ2n) is 9.49. The van der Waals surface area contributed by atoms with Gasteiger partial charge in [0.25, 0.3) is 5.56 Å². The first kappa shape index (κ1) is 23.2. The summed E-state index contributed by atoms with van der Waals surface area (Å²) in [6.45, 7) is 4.18. The van der Waals surface area contributed by atoms with E-state index in [-0.39, 0.29) is 6.61 Å². The van der Waals surface area contributed by atoms with Gasteiger partial charge in [-0.15, -0.1) is 0 Å². The van der Waals surface area contributed by atoms with Crippen molar-refractivity contribution < 1.29 is 17.9 Å². The second-order valence-corrected chi connectivity index (χ2v) is 9.49. The lowest BCUT2D eigenvalue weighted by atomic mass is 9.97. The number of nitrogens with zero attached hydrogens (tertiary/aromatic N) is 3. The van der Waals surface area contributed by atoms with Crippen molar-refractivity contribution in [3.63, 3.8) is 0 Å². The van der Waals surface area contributed by atoms with Gasteiger partial charge in [0.05, 0.1) is 40.0 Å². The molecule has 2 aromatic carbocycles. The number of benzene rings is 2. The molecule has 35 heavy (non-hydrogen) atoms. The van der Waals surface area contributed by atoms with Gasteiger partial charge >= 0.3 is 11.9 Å². The highest BCUT2D eigenvalue weighted by Crippen LogP contribution is 2.45. The van der Waals surface area contributed by atoms with Crippen LogP contribution in [0, 0.1) is 0 Å². The summed E-state index contributed by atoms with van der Waals surface area (Å²) in [5, 5.41) is 0.367. The zero-order valence-corrected chi connectivity index (χ0v) is 19.7. The number of halogens is 3. The molecule has 0 fully saturated rings. The maximum absolute atomic E-state index is 13.5. The SMILES string of the molecule is Cn1c(=O)c2c(-c3ccccc3)n3c(c2n(C)c1=O)C(c1ccc(C(F)(F)F)cc1)OCC3(C)C. The molecule has 5 rings (SSSR count). The minimum absolute atomic E-state index is 0.251. The Bertz CT molecular complexity index is 1560. The molecule has 0 amide bonds. The molecular weight excluding hydrogens is 459 g/mol. The summed E-state index contributed by atoms with van der Waals surface area (Å²) in [5.41, 5.74) is 0.615. The summed E-state index contributed by atoms with van der Waals surface area (Å²) >= 11 is 0. The topological polar surface area (TPSA) is 58.2 Å². The molecule has 9 heteroatoms. The van der Waals surface area contributed by atoms with Crippen LogP contribution >= 0.6 is 0 Å². The Morgan fingerprint density at radius 3 is 2.17 bits per heavy atom. The highest BCUT2D eigenvalue weighted by Gasteiger charge is 2.41. The van der Waals surface area contributed by atoms with Gasteiger partial charge in [0.1, 0.15) is 6.10 Å². The number of aryl methyl sites for hydroxylation is 1. The second kappa shape index (κ2) is 7.71. The number of alkyl halides is 3. The monoisotopic (exact) mass is 483 g/mol. The van der Waals surface area contributed by atoms with Crippen LogP contribution in [0.1, 0.15) is 36.8 Å². The van der Waals surface area contributed by atoms with E-state index in [1.165, 1.54) is 23.7 Å². The van der Waals surface area contributed by atoms with Crippen LogP contribution in [-0.4, -0.2) is 20.3 Å². The Balaban J connectivity index is 1.91. The lowest BCUT2D eigenvalue weighted by Crippen LogP contribution is -2.40. The van der Waals surface area contributed by atoms with E-state index in [0.29, 0.717) is 27.9 Å². The number of ether oxygens (including phenoxy) is 1. The molecule has 1 aliphatic rings. The summed E-state index contributed by atoms with van der Waals surface area (Å²) in [6, 6.07) is 14.2. The summed E-state index contributed by atoms with van der Waals surface area (Å²) in [5.74, 6) is 0. The molecule has 2 aromatic heterocycles. The molecule has 0 bridgehead atoms. The maximum atomic E-state index is 13.5. The van der Waals surface area contributed by atoms with Crippen molar-refractivity contribution in [1.82, 2.24) is 13.7 Å². The minimum Gasteiger partial charge on any atom is -0.365 e. The van der Waals surface area contributed by atoms with Gasteiger partial charge in [-0.05, 0) is 37.1 Å². The minimum atomic E-state index is -4.46. The summed E-state index contributed by atoms with van der Waals surface area (Å²) in [6.07, 6.45) is -5.24. The maximum Gasteiger partial charge on any atom is 0.416 e. The Kier molecular flexibility index (Phi) is 5.10. The largest absolute Gasteiger partial charge is 0.416 e. The van der Waals surface area contributed by atoms with Crippen LogP contribution in [0.2, 0.25) is 0 Å². The third kappa shape index (κ3) is 3.44. The molecule has 0 aliphatic carbocycles. The van der Waals surface area contributed by atoms with Crippen LogP contribution in [0.4, 0.5) is 13.2 Å². The molecule has 0 saturated carbocycles.